The third-order valence-corrected chi connectivity index (χ3v) is 2.76. The molecule has 2 heterocycles. The highest BCUT2D eigenvalue weighted by Crippen LogP contribution is 2.26. The number of anilines is 2. The minimum Gasteiger partial charge on any atom is -0.475 e. The van der Waals surface area contributed by atoms with Gasteiger partial charge in [-0.2, -0.15) is 0 Å². The number of carboxylic acid groups (broad SMARTS) is 1. The molecule has 0 saturated carbocycles. The van der Waals surface area contributed by atoms with Crippen molar-refractivity contribution in [3.8, 4) is 0 Å². The summed E-state index contributed by atoms with van der Waals surface area (Å²) in [5, 5.41) is 13.8. The van der Waals surface area contributed by atoms with Crippen LogP contribution in [0.2, 0.25) is 0 Å². The molecule has 0 amide bonds. The molecule has 5 heteroatoms. The molecule has 0 radical (unpaired) electrons. The first-order chi connectivity index (χ1) is 9.24. The van der Waals surface area contributed by atoms with Crippen LogP contribution in [0.4, 0.5) is 11.6 Å². The number of benzene rings is 1. The molecule has 2 aromatic heterocycles. The molecule has 0 spiro atoms. The summed E-state index contributed by atoms with van der Waals surface area (Å²) in [5.74, 6) is -0.803. The van der Waals surface area contributed by atoms with Crippen LogP contribution < -0.4 is 5.32 Å². The smallest absolute Gasteiger partial charge is 0.371 e. The molecule has 0 saturated heterocycles. The van der Waals surface area contributed by atoms with Crippen molar-refractivity contribution in [1.82, 2.24) is 4.98 Å². The van der Waals surface area contributed by atoms with E-state index in [1.165, 1.54) is 6.07 Å². The molecule has 0 aliphatic rings. The lowest BCUT2D eigenvalue weighted by Crippen LogP contribution is -1.93. The van der Waals surface area contributed by atoms with Gasteiger partial charge in [0.15, 0.2) is 5.88 Å². The van der Waals surface area contributed by atoms with E-state index in [9.17, 15) is 4.79 Å². The van der Waals surface area contributed by atoms with Gasteiger partial charge in [0, 0.05) is 23.8 Å². The number of carboxylic acids is 1. The Kier molecular flexibility index (Phi) is 2.64. The van der Waals surface area contributed by atoms with E-state index >= 15 is 0 Å². The van der Waals surface area contributed by atoms with Gasteiger partial charge in [0.2, 0.25) is 5.76 Å². The number of nitrogens with one attached hydrogen (secondary N) is 1. The lowest BCUT2D eigenvalue weighted by Gasteiger charge is -2.06. The quantitative estimate of drug-likeness (QED) is 0.750. The molecule has 5 nitrogen and oxygen atoms in total. The second-order valence-electron chi connectivity index (χ2n) is 4.00. The van der Waals surface area contributed by atoms with E-state index in [-0.39, 0.29) is 5.76 Å². The van der Waals surface area contributed by atoms with Crippen molar-refractivity contribution in [2.45, 2.75) is 0 Å². The van der Waals surface area contributed by atoms with Crippen molar-refractivity contribution < 1.29 is 14.3 Å². The van der Waals surface area contributed by atoms with E-state index in [0.717, 1.165) is 16.5 Å². The fourth-order valence-electron chi connectivity index (χ4n) is 1.88. The van der Waals surface area contributed by atoms with Gasteiger partial charge >= 0.3 is 5.97 Å². The van der Waals surface area contributed by atoms with Crippen molar-refractivity contribution in [2.75, 3.05) is 5.32 Å². The lowest BCUT2D eigenvalue weighted by atomic mass is 10.1. The predicted octanol–water partition coefficient (Wildman–Crippen LogP) is 3.27. The molecule has 0 aliphatic heterocycles. The number of carbonyl (C=O) groups is 1. The fraction of sp³-hybridized carbons (Fsp3) is 0. The molecule has 0 fully saturated rings. The van der Waals surface area contributed by atoms with Crippen LogP contribution in [-0.2, 0) is 0 Å². The standard InChI is InChI=1S/C14H10N2O3/c17-14(18)12-4-5-13(19-12)16-11-3-1-2-9-6-7-15-8-10(9)11/h1-8,16H,(H,17,18). The Morgan fingerprint density at radius 2 is 2.11 bits per heavy atom. The molecular formula is C14H10N2O3. The Morgan fingerprint density at radius 3 is 2.89 bits per heavy atom. The highest BCUT2D eigenvalue weighted by molar-refractivity contribution is 5.94. The second kappa shape index (κ2) is 4.45. The SMILES string of the molecule is O=C(O)c1ccc(Nc2cccc3ccncc23)o1. The maximum Gasteiger partial charge on any atom is 0.371 e. The summed E-state index contributed by atoms with van der Waals surface area (Å²) in [6.45, 7) is 0. The zero-order valence-corrected chi connectivity index (χ0v) is 9.83. The van der Waals surface area contributed by atoms with E-state index in [0.29, 0.717) is 5.88 Å². The molecule has 19 heavy (non-hydrogen) atoms. The number of hydrogen-bond donors (Lipinski definition) is 2. The molecule has 94 valence electrons. The first kappa shape index (κ1) is 11.3. The summed E-state index contributed by atoms with van der Waals surface area (Å²) >= 11 is 0. The van der Waals surface area contributed by atoms with Crippen LogP contribution in [0.5, 0.6) is 0 Å². The van der Waals surface area contributed by atoms with Crippen LogP contribution in [-0.4, -0.2) is 16.1 Å². The number of rotatable bonds is 3. The van der Waals surface area contributed by atoms with Gasteiger partial charge in [-0.05, 0) is 23.6 Å². The van der Waals surface area contributed by atoms with Crippen molar-refractivity contribution in [1.29, 1.82) is 0 Å². The van der Waals surface area contributed by atoms with Crippen molar-refractivity contribution in [3.63, 3.8) is 0 Å². The summed E-state index contributed by atoms with van der Waals surface area (Å²) in [6.07, 6.45) is 3.47. The van der Waals surface area contributed by atoms with Gasteiger partial charge < -0.3 is 14.8 Å². The second-order valence-corrected chi connectivity index (χ2v) is 4.00. The zero-order valence-electron chi connectivity index (χ0n) is 9.83. The number of aromatic carboxylic acids is 1. The van der Waals surface area contributed by atoms with Gasteiger partial charge in [0.1, 0.15) is 0 Å². The maximum absolute atomic E-state index is 10.7. The third-order valence-electron chi connectivity index (χ3n) is 2.76. The van der Waals surface area contributed by atoms with Gasteiger partial charge in [0.05, 0.1) is 5.69 Å². The summed E-state index contributed by atoms with van der Waals surface area (Å²) < 4.78 is 5.17. The average Bonchev–Trinajstić information content (AvgIpc) is 2.88. The molecule has 0 bridgehead atoms. The molecular weight excluding hydrogens is 244 g/mol. The molecule has 3 rings (SSSR count). The van der Waals surface area contributed by atoms with Crippen molar-refractivity contribution >= 4 is 28.3 Å². The number of fused-ring (bicyclic) bond motifs is 1. The van der Waals surface area contributed by atoms with Gasteiger partial charge in [-0.1, -0.05) is 12.1 Å². The topological polar surface area (TPSA) is 75.4 Å². The molecule has 1 aromatic carbocycles. The summed E-state index contributed by atoms with van der Waals surface area (Å²) in [7, 11) is 0. The largest absolute Gasteiger partial charge is 0.475 e. The molecule has 3 aromatic rings. The number of pyridine rings is 1. The minimum atomic E-state index is -1.09. The number of hydrogen-bond acceptors (Lipinski definition) is 4. The van der Waals surface area contributed by atoms with Gasteiger partial charge in [0.25, 0.3) is 0 Å². The first-order valence-electron chi connectivity index (χ1n) is 5.67. The van der Waals surface area contributed by atoms with Crippen LogP contribution in [0.25, 0.3) is 10.8 Å². The van der Waals surface area contributed by atoms with E-state index < -0.39 is 5.97 Å². The van der Waals surface area contributed by atoms with Gasteiger partial charge in [-0.15, -0.1) is 0 Å². The summed E-state index contributed by atoms with van der Waals surface area (Å²) in [5.41, 5.74) is 0.817. The van der Waals surface area contributed by atoms with Gasteiger partial charge in [-0.25, -0.2) is 4.79 Å². The summed E-state index contributed by atoms with van der Waals surface area (Å²) in [6, 6.07) is 10.7. The van der Waals surface area contributed by atoms with Crippen LogP contribution in [0.15, 0.2) is 53.2 Å². The van der Waals surface area contributed by atoms with E-state index in [2.05, 4.69) is 10.3 Å². The van der Waals surface area contributed by atoms with Crippen LogP contribution in [0.1, 0.15) is 10.6 Å². The van der Waals surface area contributed by atoms with Crippen molar-refractivity contribution in [2.24, 2.45) is 0 Å². The third kappa shape index (κ3) is 2.13. The average molecular weight is 254 g/mol. The number of aromatic nitrogens is 1. The van der Waals surface area contributed by atoms with Crippen LogP contribution >= 0.6 is 0 Å². The Bertz CT molecular complexity index is 744. The summed E-state index contributed by atoms with van der Waals surface area (Å²) in [4.78, 5) is 14.8. The molecule has 0 aliphatic carbocycles. The van der Waals surface area contributed by atoms with Crippen LogP contribution in [0, 0.1) is 0 Å². The van der Waals surface area contributed by atoms with E-state index in [4.69, 9.17) is 9.52 Å². The highest BCUT2D eigenvalue weighted by atomic mass is 16.4. The fourth-order valence-corrected chi connectivity index (χ4v) is 1.88. The molecule has 0 atom stereocenters. The molecule has 0 unspecified atom stereocenters. The van der Waals surface area contributed by atoms with Crippen LogP contribution in [0.3, 0.4) is 0 Å². The van der Waals surface area contributed by atoms with E-state index in [1.807, 2.05) is 24.3 Å². The number of nitrogens with zero attached hydrogens (tertiary/aromatic N) is 1. The minimum absolute atomic E-state index is 0.0964. The van der Waals surface area contributed by atoms with Gasteiger partial charge in [-0.3, -0.25) is 4.98 Å². The molecule has 2 N–H and O–H groups in total. The first-order valence-corrected chi connectivity index (χ1v) is 5.67. The maximum atomic E-state index is 10.7. The normalized spacial score (nSPS) is 10.5. The zero-order chi connectivity index (χ0) is 13.2. The van der Waals surface area contributed by atoms with Crippen molar-refractivity contribution in [3.05, 3.63) is 54.6 Å². The Hall–Kier alpha value is -2.82. The Balaban J connectivity index is 1.98. The lowest BCUT2D eigenvalue weighted by molar-refractivity contribution is 0.0663. The monoisotopic (exact) mass is 254 g/mol. The number of furan rings is 1. The Morgan fingerprint density at radius 1 is 1.21 bits per heavy atom. The predicted molar refractivity (Wildman–Crippen MR) is 70.7 cm³/mol. The Labute approximate surface area is 108 Å². The highest BCUT2D eigenvalue weighted by Gasteiger charge is 2.09. The van der Waals surface area contributed by atoms with E-state index in [1.54, 1.807) is 18.5 Å².